The van der Waals surface area contributed by atoms with Crippen molar-refractivity contribution in [3.05, 3.63) is 0 Å². The lowest BCUT2D eigenvalue weighted by atomic mass is 10.2. The van der Waals surface area contributed by atoms with Crippen LogP contribution in [0.1, 0.15) is 26.2 Å². The first-order valence-corrected chi connectivity index (χ1v) is 5.64. The fourth-order valence-electron chi connectivity index (χ4n) is 2.22. The summed E-state index contributed by atoms with van der Waals surface area (Å²) in [5.74, 6) is 2.69. The molecule has 0 aromatic carbocycles. The van der Waals surface area contributed by atoms with Crippen LogP contribution in [0.25, 0.3) is 0 Å². The lowest BCUT2D eigenvalue weighted by Gasteiger charge is -2.27. The second kappa shape index (κ2) is 6.06. The maximum atomic E-state index is 5.25. The Morgan fingerprint density at radius 2 is 2.36 bits per heavy atom. The van der Waals surface area contributed by atoms with Crippen LogP contribution >= 0.6 is 0 Å². The third-order valence-electron chi connectivity index (χ3n) is 3.07. The number of nitrogens with zero attached hydrogens (tertiary/aromatic N) is 2. The van der Waals surface area contributed by atoms with Crippen molar-refractivity contribution in [3.63, 3.8) is 0 Å². The summed E-state index contributed by atoms with van der Waals surface area (Å²) in [7, 11) is 2.17. The van der Waals surface area contributed by atoms with Crippen molar-refractivity contribution in [3.8, 4) is 12.3 Å². The minimum atomic E-state index is 0.766. The van der Waals surface area contributed by atoms with E-state index < -0.39 is 0 Å². The molecule has 1 atom stereocenters. The van der Waals surface area contributed by atoms with E-state index in [2.05, 4.69) is 29.7 Å². The lowest BCUT2D eigenvalue weighted by Crippen LogP contribution is -2.38. The van der Waals surface area contributed by atoms with Crippen molar-refractivity contribution in [2.75, 3.05) is 33.2 Å². The molecular weight excluding hydrogens is 172 g/mol. The number of likely N-dealkylation sites (tertiary alicyclic amines) is 1. The first-order chi connectivity index (χ1) is 6.77. The first-order valence-electron chi connectivity index (χ1n) is 5.64. The quantitative estimate of drug-likeness (QED) is 0.611. The molecule has 1 heterocycles. The predicted octanol–water partition coefficient (Wildman–Crippen LogP) is 1.43. The molecule has 0 amide bonds. The summed E-state index contributed by atoms with van der Waals surface area (Å²) in [5, 5.41) is 0. The van der Waals surface area contributed by atoms with Gasteiger partial charge in [-0.15, -0.1) is 12.3 Å². The van der Waals surface area contributed by atoms with Gasteiger partial charge in [0.05, 0.1) is 0 Å². The largest absolute Gasteiger partial charge is 0.304 e. The Kier molecular flexibility index (Phi) is 5.00. The molecule has 1 fully saturated rings. The number of hydrogen-bond acceptors (Lipinski definition) is 2. The topological polar surface area (TPSA) is 6.48 Å². The van der Waals surface area contributed by atoms with Crippen LogP contribution in [0.3, 0.4) is 0 Å². The molecule has 1 aliphatic heterocycles. The van der Waals surface area contributed by atoms with Crippen LogP contribution in [-0.2, 0) is 0 Å². The molecular formula is C12H22N2. The standard InChI is InChI=1S/C12H22N2/c1-4-6-9-13(3)11-12-8-7-10-14(12)5-2/h1,12H,5-11H2,2-3H3. The summed E-state index contributed by atoms with van der Waals surface area (Å²) in [6.45, 7) is 6.93. The first kappa shape index (κ1) is 11.6. The highest BCUT2D eigenvalue weighted by atomic mass is 15.2. The second-order valence-corrected chi connectivity index (χ2v) is 4.14. The smallest absolute Gasteiger partial charge is 0.0223 e. The molecule has 1 aliphatic rings. The van der Waals surface area contributed by atoms with Gasteiger partial charge >= 0.3 is 0 Å². The van der Waals surface area contributed by atoms with Crippen molar-refractivity contribution in [1.29, 1.82) is 0 Å². The molecule has 14 heavy (non-hydrogen) atoms. The lowest BCUT2D eigenvalue weighted by molar-refractivity contribution is 0.201. The van der Waals surface area contributed by atoms with Crippen molar-refractivity contribution >= 4 is 0 Å². The van der Waals surface area contributed by atoms with Crippen molar-refractivity contribution < 1.29 is 0 Å². The van der Waals surface area contributed by atoms with Gasteiger partial charge in [0.1, 0.15) is 0 Å². The van der Waals surface area contributed by atoms with Gasteiger partial charge in [-0.2, -0.15) is 0 Å². The number of terminal acetylenes is 1. The molecule has 0 aromatic heterocycles. The fraction of sp³-hybridized carbons (Fsp3) is 0.833. The molecule has 1 saturated heterocycles. The van der Waals surface area contributed by atoms with E-state index in [0.717, 1.165) is 19.0 Å². The van der Waals surface area contributed by atoms with Crippen LogP contribution in [-0.4, -0.2) is 49.1 Å². The van der Waals surface area contributed by atoms with E-state index in [9.17, 15) is 0 Å². The third kappa shape index (κ3) is 3.32. The van der Waals surface area contributed by atoms with Gasteiger partial charge in [-0.05, 0) is 33.0 Å². The number of likely N-dealkylation sites (N-methyl/N-ethyl adjacent to an activating group) is 2. The van der Waals surface area contributed by atoms with E-state index in [4.69, 9.17) is 6.42 Å². The maximum absolute atomic E-state index is 5.25. The van der Waals surface area contributed by atoms with Gasteiger partial charge < -0.3 is 4.90 Å². The normalized spacial score (nSPS) is 22.9. The zero-order valence-electron chi connectivity index (χ0n) is 9.50. The number of hydrogen-bond donors (Lipinski definition) is 0. The van der Waals surface area contributed by atoms with Gasteiger partial charge in [0.25, 0.3) is 0 Å². The van der Waals surface area contributed by atoms with Gasteiger partial charge in [0, 0.05) is 25.6 Å². The minimum absolute atomic E-state index is 0.766. The van der Waals surface area contributed by atoms with Crippen LogP contribution in [0.5, 0.6) is 0 Å². The highest BCUT2D eigenvalue weighted by Crippen LogP contribution is 2.17. The Morgan fingerprint density at radius 3 is 3.00 bits per heavy atom. The maximum Gasteiger partial charge on any atom is 0.0223 e. The Hall–Kier alpha value is -0.520. The molecule has 0 saturated carbocycles. The Labute approximate surface area is 88.3 Å². The zero-order chi connectivity index (χ0) is 10.4. The highest BCUT2D eigenvalue weighted by molar-refractivity contribution is 4.86. The van der Waals surface area contributed by atoms with Crippen LogP contribution in [0.4, 0.5) is 0 Å². The van der Waals surface area contributed by atoms with Crippen LogP contribution < -0.4 is 0 Å². The summed E-state index contributed by atoms with van der Waals surface area (Å²) >= 11 is 0. The van der Waals surface area contributed by atoms with Crippen LogP contribution in [0.2, 0.25) is 0 Å². The molecule has 0 radical (unpaired) electrons. The predicted molar refractivity (Wildman–Crippen MR) is 61.2 cm³/mol. The van der Waals surface area contributed by atoms with E-state index >= 15 is 0 Å². The van der Waals surface area contributed by atoms with Gasteiger partial charge in [-0.25, -0.2) is 0 Å². The van der Waals surface area contributed by atoms with Gasteiger partial charge in [0.2, 0.25) is 0 Å². The van der Waals surface area contributed by atoms with E-state index in [1.54, 1.807) is 0 Å². The summed E-state index contributed by atoms with van der Waals surface area (Å²) in [5.41, 5.74) is 0. The van der Waals surface area contributed by atoms with E-state index in [1.165, 1.54) is 32.5 Å². The molecule has 0 aliphatic carbocycles. The average Bonchev–Trinajstić information content (AvgIpc) is 2.62. The summed E-state index contributed by atoms with van der Waals surface area (Å²) in [4.78, 5) is 4.94. The van der Waals surface area contributed by atoms with Crippen molar-refractivity contribution in [2.24, 2.45) is 0 Å². The van der Waals surface area contributed by atoms with Crippen LogP contribution in [0, 0.1) is 12.3 Å². The van der Waals surface area contributed by atoms with Gasteiger partial charge in [-0.1, -0.05) is 6.92 Å². The zero-order valence-corrected chi connectivity index (χ0v) is 9.50. The molecule has 0 aromatic rings. The SMILES string of the molecule is C#CCCN(C)CC1CCCN1CC. The van der Waals surface area contributed by atoms with E-state index in [1.807, 2.05) is 0 Å². The molecule has 0 bridgehead atoms. The molecule has 0 N–H and O–H groups in total. The van der Waals surface area contributed by atoms with Gasteiger partial charge in [0.15, 0.2) is 0 Å². The Bertz CT molecular complexity index is 195. The van der Waals surface area contributed by atoms with Crippen molar-refractivity contribution in [1.82, 2.24) is 9.80 Å². The van der Waals surface area contributed by atoms with E-state index in [-0.39, 0.29) is 0 Å². The molecule has 0 spiro atoms. The average molecular weight is 194 g/mol. The highest BCUT2D eigenvalue weighted by Gasteiger charge is 2.23. The fourth-order valence-corrected chi connectivity index (χ4v) is 2.22. The van der Waals surface area contributed by atoms with Gasteiger partial charge in [-0.3, -0.25) is 4.90 Å². The monoisotopic (exact) mass is 194 g/mol. The van der Waals surface area contributed by atoms with E-state index in [0.29, 0.717) is 0 Å². The minimum Gasteiger partial charge on any atom is -0.304 e. The Morgan fingerprint density at radius 1 is 1.57 bits per heavy atom. The number of rotatable bonds is 5. The van der Waals surface area contributed by atoms with Crippen LogP contribution in [0.15, 0.2) is 0 Å². The molecule has 80 valence electrons. The molecule has 2 nitrogen and oxygen atoms in total. The molecule has 2 heteroatoms. The third-order valence-corrected chi connectivity index (χ3v) is 3.07. The summed E-state index contributed by atoms with van der Waals surface area (Å²) < 4.78 is 0. The van der Waals surface area contributed by atoms with Crippen molar-refractivity contribution in [2.45, 2.75) is 32.2 Å². The summed E-state index contributed by atoms with van der Waals surface area (Å²) in [6, 6.07) is 0.766. The Balaban J connectivity index is 2.25. The summed E-state index contributed by atoms with van der Waals surface area (Å²) in [6.07, 6.45) is 8.84. The molecule has 1 unspecified atom stereocenters. The molecule has 1 rings (SSSR count). The second-order valence-electron chi connectivity index (χ2n) is 4.14.